The Morgan fingerprint density at radius 1 is 1.00 bits per heavy atom. The number of rotatable bonds is 8. The summed E-state index contributed by atoms with van der Waals surface area (Å²) in [6.07, 6.45) is 0.943. The summed E-state index contributed by atoms with van der Waals surface area (Å²) >= 11 is 0. The molecule has 1 heterocycles. The minimum absolute atomic E-state index is 0.0262. The van der Waals surface area contributed by atoms with Gasteiger partial charge in [-0.1, -0.05) is 12.1 Å². The molecule has 3 aromatic rings. The van der Waals surface area contributed by atoms with Crippen molar-refractivity contribution < 1.29 is 18.7 Å². The summed E-state index contributed by atoms with van der Waals surface area (Å²) in [6, 6.07) is 15.0. The fourth-order valence-electron chi connectivity index (χ4n) is 2.83. The highest BCUT2D eigenvalue weighted by atomic mass is 16.5. The quantitative estimate of drug-likeness (QED) is 0.647. The van der Waals surface area contributed by atoms with E-state index in [1.165, 1.54) is 0 Å². The van der Waals surface area contributed by atoms with Crippen LogP contribution in [0.3, 0.4) is 0 Å². The molecule has 146 valence electrons. The van der Waals surface area contributed by atoms with Crippen molar-refractivity contribution in [3.8, 4) is 23.0 Å². The van der Waals surface area contributed by atoms with Crippen molar-refractivity contribution in [2.75, 3.05) is 20.8 Å². The van der Waals surface area contributed by atoms with Crippen LogP contribution in [0.25, 0.3) is 11.5 Å². The minimum atomic E-state index is -0.0262. The standard InChI is InChI=1S/C22H24N2O4/c1-15-20(24-22(28-15)17-6-10-19(27-3)11-7-17)12-13-23-21(25)14-16-4-8-18(26-2)9-5-16/h4-11H,12-14H2,1-3H3,(H,23,25). The third kappa shape index (κ3) is 4.91. The second kappa shape index (κ2) is 9.08. The number of methoxy groups -OCH3 is 2. The number of amides is 1. The van der Waals surface area contributed by atoms with Crippen molar-refractivity contribution in [2.45, 2.75) is 19.8 Å². The number of hydrogen-bond donors (Lipinski definition) is 1. The predicted molar refractivity (Wildman–Crippen MR) is 107 cm³/mol. The van der Waals surface area contributed by atoms with Gasteiger partial charge in [-0.2, -0.15) is 0 Å². The van der Waals surface area contributed by atoms with Crippen LogP contribution in [-0.2, 0) is 17.6 Å². The van der Waals surface area contributed by atoms with Gasteiger partial charge in [0, 0.05) is 18.5 Å². The minimum Gasteiger partial charge on any atom is -0.497 e. The largest absolute Gasteiger partial charge is 0.497 e. The number of hydrogen-bond acceptors (Lipinski definition) is 5. The van der Waals surface area contributed by atoms with Crippen molar-refractivity contribution in [1.29, 1.82) is 0 Å². The van der Waals surface area contributed by atoms with E-state index in [4.69, 9.17) is 13.9 Å². The summed E-state index contributed by atoms with van der Waals surface area (Å²) in [5.41, 5.74) is 2.67. The second-order valence-electron chi connectivity index (χ2n) is 6.38. The fraction of sp³-hybridized carbons (Fsp3) is 0.273. The number of aryl methyl sites for hydroxylation is 1. The van der Waals surface area contributed by atoms with Crippen LogP contribution >= 0.6 is 0 Å². The lowest BCUT2D eigenvalue weighted by atomic mass is 10.1. The lowest BCUT2D eigenvalue weighted by molar-refractivity contribution is -0.120. The Hall–Kier alpha value is -3.28. The summed E-state index contributed by atoms with van der Waals surface area (Å²) < 4.78 is 16.1. The molecule has 1 amide bonds. The van der Waals surface area contributed by atoms with Gasteiger partial charge in [-0.25, -0.2) is 4.98 Å². The summed E-state index contributed by atoms with van der Waals surface area (Å²) in [4.78, 5) is 16.7. The monoisotopic (exact) mass is 380 g/mol. The van der Waals surface area contributed by atoms with Gasteiger partial charge in [0.15, 0.2) is 0 Å². The maximum atomic E-state index is 12.1. The third-order valence-electron chi connectivity index (χ3n) is 4.44. The van der Waals surface area contributed by atoms with Gasteiger partial charge in [0.1, 0.15) is 17.3 Å². The average molecular weight is 380 g/mol. The van der Waals surface area contributed by atoms with Crippen LogP contribution in [0, 0.1) is 6.92 Å². The first-order chi connectivity index (χ1) is 13.6. The van der Waals surface area contributed by atoms with Crippen molar-refractivity contribution in [2.24, 2.45) is 0 Å². The lowest BCUT2D eigenvalue weighted by Crippen LogP contribution is -2.27. The van der Waals surface area contributed by atoms with Crippen LogP contribution in [0.1, 0.15) is 17.0 Å². The number of carbonyl (C=O) groups excluding carboxylic acids is 1. The molecule has 6 heteroatoms. The molecule has 0 fully saturated rings. The Balaban J connectivity index is 1.52. The van der Waals surface area contributed by atoms with Crippen LogP contribution in [0.4, 0.5) is 0 Å². The van der Waals surface area contributed by atoms with Crippen molar-refractivity contribution in [1.82, 2.24) is 10.3 Å². The predicted octanol–water partition coefficient (Wildman–Crippen LogP) is 3.57. The Morgan fingerprint density at radius 2 is 1.61 bits per heavy atom. The van der Waals surface area contributed by atoms with E-state index in [0.29, 0.717) is 25.3 Å². The Labute approximate surface area is 164 Å². The van der Waals surface area contributed by atoms with Crippen molar-refractivity contribution in [3.63, 3.8) is 0 Å². The molecule has 0 aliphatic carbocycles. The van der Waals surface area contributed by atoms with E-state index in [1.807, 2.05) is 55.5 Å². The number of oxazole rings is 1. The van der Waals surface area contributed by atoms with E-state index < -0.39 is 0 Å². The Morgan fingerprint density at radius 3 is 2.21 bits per heavy atom. The summed E-state index contributed by atoms with van der Waals surface area (Å²) in [5, 5.41) is 2.93. The maximum absolute atomic E-state index is 12.1. The normalized spacial score (nSPS) is 10.5. The first-order valence-electron chi connectivity index (χ1n) is 9.09. The topological polar surface area (TPSA) is 73.6 Å². The van der Waals surface area contributed by atoms with Crippen LogP contribution in [0.2, 0.25) is 0 Å². The molecule has 6 nitrogen and oxygen atoms in total. The molecule has 0 saturated carbocycles. The molecule has 0 saturated heterocycles. The van der Waals surface area contributed by atoms with Gasteiger partial charge < -0.3 is 19.2 Å². The van der Waals surface area contributed by atoms with E-state index in [2.05, 4.69) is 10.3 Å². The van der Waals surface area contributed by atoms with E-state index in [0.717, 1.165) is 34.1 Å². The number of aromatic nitrogens is 1. The van der Waals surface area contributed by atoms with E-state index in [9.17, 15) is 4.79 Å². The van der Waals surface area contributed by atoms with Gasteiger partial charge in [0.05, 0.1) is 26.3 Å². The highest BCUT2D eigenvalue weighted by molar-refractivity contribution is 5.78. The molecule has 0 aliphatic rings. The van der Waals surface area contributed by atoms with Gasteiger partial charge in [-0.3, -0.25) is 4.79 Å². The van der Waals surface area contributed by atoms with Crippen LogP contribution < -0.4 is 14.8 Å². The molecule has 0 bridgehead atoms. The highest BCUT2D eigenvalue weighted by Gasteiger charge is 2.12. The molecular weight excluding hydrogens is 356 g/mol. The molecule has 0 unspecified atom stereocenters. The zero-order valence-corrected chi connectivity index (χ0v) is 16.3. The maximum Gasteiger partial charge on any atom is 0.226 e. The molecule has 0 aliphatic heterocycles. The van der Waals surface area contributed by atoms with E-state index in [-0.39, 0.29) is 5.91 Å². The third-order valence-corrected chi connectivity index (χ3v) is 4.44. The van der Waals surface area contributed by atoms with Gasteiger partial charge in [-0.15, -0.1) is 0 Å². The zero-order chi connectivity index (χ0) is 19.9. The molecule has 0 radical (unpaired) electrons. The van der Waals surface area contributed by atoms with Crippen LogP contribution in [-0.4, -0.2) is 31.7 Å². The lowest BCUT2D eigenvalue weighted by Gasteiger charge is -2.05. The number of nitrogens with zero attached hydrogens (tertiary/aromatic N) is 1. The van der Waals surface area contributed by atoms with Gasteiger partial charge in [0.25, 0.3) is 0 Å². The first-order valence-corrected chi connectivity index (χ1v) is 9.09. The number of carbonyl (C=O) groups is 1. The Kier molecular flexibility index (Phi) is 6.32. The van der Waals surface area contributed by atoms with Gasteiger partial charge >= 0.3 is 0 Å². The van der Waals surface area contributed by atoms with Crippen LogP contribution in [0.15, 0.2) is 52.9 Å². The smallest absolute Gasteiger partial charge is 0.226 e. The zero-order valence-electron chi connectivity index (χ0n) is 16.3. The molecular formula is C22H24N2O4. The summed E-state index contributed by atoms with van der Waals surface area (Å²) in [6.45, 7) is 2.39. The van der Waals surface area contributed by atoms with E-state index >= 15 is 0 Å². The molecule has 0 atom stereocenters. The number of benzene rings is 2. The molecule has 3 rings (SSSR count). The molecule has 0 spiro atoms. The van der Waals surface area contributed by atoms with Gasteiger partial charge in [-0.05, 0) is 48.9 Å². The summed E-state index contributed by atoms with van der Waals surface area (Å²) in [5.74, 6) is 2.86. The number of ether oxygens (including phenoxy) is 2. The summed E-state index contributed by atoms with van der Waals surface area (Å²) in [7, 11) is 3.25. The molecule has 28 heavy (non-hydrogen) atoms. The highest BCUT2D eigenvalue weighted by Crippen LogP contribution is 2.24. The number of nitrogens with one attached hydrogen (secondary N) is 1. The van der Waals surface area contributed by atoms with E-state index in [1.54, 1.807) is 14.2 Å². The first kappa shape index (κ1) is 19.5. The molecule has 1 N–H and O–H groups in total. The fourth-order valence-corrected chi connectivity index (χ4v) is 2.83. The van der Waals surface area contributed by atoms with Gasteiger partial charge in [0.2, 0.25) is 11.8 Å². The second-order valence-corrected chi connectivity index (χ2v) is 6.38. The molecule has 1 aromatic heterocycles. The van der Waals surface area contributed by atoms with Crippen LogP contribution in [0.5, 0.6) is 11.5 Å². The molecule has 2 aromatic carbocycles. The van der Waals surface area contributed by atoms with Crippen molar-refractivity contribution >= 4 is 5.91 Å². The SMILES string of the molecule is COc1ccc(CC(=O)NCCc2nc(-c3ccc(OC)cc3)oc2C)cc1. The Bertz CT molecular complexity index is 915. The van der Waals surface area contributed by atoms with Crippen molar-refractivity contribution in [3.05, 3.63) is 65.5 Å². The average Bonchev–Trinajstić information content (AvgIpc) is 3.09.